The predicted octanol–water partition coefficient (Wildman–Crippen LogP) is 3.58. The van der Waals surface area contributed by atoms with E-state index in [9.17, 15) is 9.59 Å². The molecule has 0 spiro atoms. The summed E-state index contributed by atoms with van der Waals surface area (Å²) in [6, 6.07) is 5.56. The minimum atomic E-state index is -0.0134. The minimum Gasteiger partial charge on any atom is -0.356 e. The van der Waals surface area contributed by atoms with E-state index in [1.165, 1.54) is 0 Å². The van der Waals surface area contributed by atoms with Crippen molar-refractivity contribution in [2.75, 3.05) is 32.7 Å². The molecular formula is C19H25Cl2N3O2. The van der Waals surface area contributed by atoms with Crippen LogP contribution in [0, 0.1) is 5.92 Å². The summed E-state index contributed by atoms with van der Waals surface area (Å²) in [6.45, 7) is 3.62. The second-order valence-electron chi connectivity index (χ2n) is 7.06. The van der Waals surface area contributed by atoms with Crippen LogP contribution in [0.4, 0.5) is 4.79 Å². The fourth-order valence-electron chi connectivity index (χ4n) is 3.67. The summed E-state index contributed by atoms with van der Waals surface area (Å²) < 4.78 is 0. The summed E-state index contributed by atoms with van der Waals surface area (Å²) >= 11 is 12.0. The number of hydrogen-bond acceptors (Lipinski definition) is 2. The third-order valence-corrected chi connectivity index (χ3v) is 5.58. The topological polar surface area (TPSA) is 52.7 Å². The van der Waals surface area contributed by atoms with Crippen molar-refractivity contribution in [1.29, 1.82) is 0 Å². The number of nitrogens with zero attached hydrogens (tertiary/aromatic N) is 2. The van der Waals surface area contributed by atoms with Gasteiger partial charge in [-0.2, -0.15) is 0 Å². The number of halogens is 2. The molecule has 3 amide bonds. The van der Waals surface area contributed by atoms with Crippen molar-refractivity contribution in [1.82, 2.24) is 15.1 Å². The highest BCUT2D eigenvalue weighted by Crippen LogP contribution is 2.21. The SMILES string of the molecule is O=C(NCCc1cc(Cl)cc(Cl)c1)C1CCN(C(=O)N2CCCC2)CC1. The minimum absolute atomic E-state index is 0.0134. The van der Waals surface area contributed by atoms with Gasteiger partial charge in [-0.3, -0.25) is 4.79 Å². The lowest BCUT2D eigenvalue weighted by molar-refractivity contribution is -0.126. The number of carbonyl (C=O) groups excluding carboxylic acids is 2. The lowest BCUT2D eigenvalue weighted by atomic mass is 9.96. The lowest BCUT2D eigenvalue weighted by Gasteiger charge is -2.34. The fourth-order valence-corrected chi connectivity index (χ4v) is 4.24. The van der Waals surface area contributed by atoms with E-state index in [1.54, 1.807) is 6.07 Å². The smallest absolute Gasteiger partial charge is 0.319 e. The third kappa shape index (κ3) is 5.04. The summed E-state index contributed by atoms with van der Waals surface area (Å²) in [7, 11) is 0. The summed E-state index contributed by atoms with van der Waals surface area (Å²) in [5.41, 5.74) is 1.01. The van der Waals surface area contributed by atoms with Crippen molar-refractivity contribution in [3.8, 4) is 0 Å². The van der Waals surface area contributed by atoms with Crippen LogP contribution in [0.15, 0.2) is 18.2 Å². The molecule has 3 rings (SSSR count). The van der Waals surface area contributed by atoms with Gasteiger partial charge in [0.15, 0.2) is 0 Å². The second kappa shape index (κ2) is 8.96. The van der Waals surface area contributed by atoms with Crippen LogP contribution in [0.3, 0.4) is 0 Å². The van der Waals surface area contributed by atoms with Gasteiger partial charge in [0.1, 0.15) is 0 Å². The number of urea groups is 1. The average molecular weight is 398 g/mol. The van der Waals surface area contributed by atoms with E-state index in [4.69, 9.17) is 23.2 Å². The first-order chi connectivity index (χ1) is 12.5. The van der Waals surface area contributed by atoms with Crippen molar-refractivity contribution in [2.45, 2.75) is 32.1 Å². The highest BCUT2D eigenvalue weighted by molar-refractivity contribution is 6.34. The van der Waals surface area contributed by atoms with Crippen LogP contribution in [0.1, 0.15) is 31.2 Å². The Morgan fingerprint density at radius 2 is 1.54 bits per heavy atom. The molecule has 0 unspecified atom stereocenters. The van der Waals surface area contributed by atoms with Gasteiger partial charge in [-0.25, -0.2) is 4.79 Å². The Morgan fingerprint density at radius 3 is 2.15 bits per heavy atom. The fraction of sp³-hybridized carbons (Fsp3) is 0.579. The Morgan fingerprint density at radius 1 is 0.962 bits per heavy atom. The van der Waals surface area contributed by atoms with Gasteiger partial charge in [-0.05, 0) is 55.9 Å². The molecule has 7 heteroatoms. The van der Waals surface area contributed by atoms with Crippen LogP contribution in [0.25, 0.3) is 0 Å². The molecule has 0 aliphatic carbocycles. The molecule has 2 heterocycles. The zero-order valence-electron chi connectivity index (χ0n) is 14.8. The standard InChI is InChI=1S/C19H25Cl2N3O2/c20-16-11-14(12-17(21)13-16)3-6-22-18(25)15-4-9-24(10-5-15)19(26)23-7-1-2-8-23/h11-13,15H,1-10H2,(H,22,25). The Labute approximate surface area is 164 Å². The number of amides is 3. The van der Waals surface area contributed by atoms with Crippen LogP contribution in [0.2, 0.25) is 10.0 Å². The molecule has 1 aromatic rings. The van der Waals surface area contributed by atoms with E-state index >= 15 is 0 Å². The van der Waals surface area contributed by atoms with Gasteiger partial charge in [0, 0.05) is 48.7 Å². The highest BCUT2D eigenvalue weighted by Gasteiger charge is 2.30. The first-order valence-corrected chi connectivity index (χ1v) is 10.0. The van der Waals surface area contributed by atoms with Crippen LogP contribution in [-0.2, 0) is 11.2 Å². The number of rotatable bonds is 4. The van der Waals surface area contributed by atoms with Crippen molar-refractivity contribution in [2.24, 2.45) is 5.92 Å². The highest BCUT2D eigenvalue weighted by atomic mass is 35.5. The zero-order chi connectivity index (χ0) is 18.5. The van der Waals surface area contributed by atoms with Gasteiger partial charge in [0.2, 0.25) is 5.91 Å². The van der Waals surface area contributed by atoms with E-state index in [0.29, 0.717) is 36.1 Å². The van der Waals surface area contributed by atoms with Crippen LogP contribution in [-0.4, -0.2) is 54.5 Å². The van der Waals surface area contributed by atoms with Crippen LogP contribution in [0.5, 0.6) is 0 Å². The Balaban J connectivity index is 1.40. The van der Waals surface area contributed by atoms with E-state index in [-0.39, 0.29) is 17.9 Å². The number of carbonyl (C=O) groups is 2. The lowest BCUT2D eigenvalue weighted by Crippen LogP contribution is -2.47. The van der Waals surface area contributed by atoms with Gasteiger partial charge in [0.25, 0.3) is 0 Å². The molecule has 2 fully saturated rings. The van der Waals surface area contributed by atoms with Crippen molar-refractivity contribution in [3.05, 3.63) is 33.8 Å². The molecule has 0 radical (unpaired) electrons. The number of hydrogen-bond donors (Lipinski definition) is 1. The van der Waals surface area contributed by atoms with Crippen molar-refractivity contribution < 1.29 is 9.59 Å². The molecule has 26 heavy (non-hydrogen) atoms. The molecule has 142 valence electrons. The summed E-state index contributed by atoms with van der Waals surface area (Å²) in [5.74, 6) is 0.0620. The van der Waals surface area contributed by atoms with E-state index in [0.717, 1.165) is 44.3 Å². The Hall–Kier alpha value is -1.46. The summed E-state index contributed by atoms with van der Waals surface area (Å²) in [4.78, 5) is 28.6. The normalized spacial score (nSPS) is 18.2. The van der Waals surface area contributed by atoms with Gasteiger partial charge < -0.3 is 15.1 Å². The Bertz CT molecular complexity index is 634. The molecule has 2 aliphatic heterocycles. The number of likely N-dealkylation sites (tertiary alicyclic amines) is 2. The molecule has 0 atom stereocenters. The Kier molecular flexibility index (Phi) is 6.65. The number of nitrogens with one attached hydrogen (secondary N) is 1. The first kappa shape index (κ1) is 19.3. The summed E-state index contributed by atoms with van der Waals surface area (Å²) in [5, 5.41) is 4.21. The number of benzene rings is 1. The maximum absolute atomic E-state index is 12.4. The third-order valence-electron chi connectivity index (χ3n) is 5.15. The molecule has 0 saturated carbocycles. The van der Waals surface area contributed by atoms with Crippen molar-refractivity contribution >= 4 is 35.1 Å². The molecule has 2 saturated heterocycles. The average Bonchev–Trinajstić information content (AvgIpc) is 3.15. The van der Waals surface area contributed by atoms with Crippen molar-refractivity contribution in [3.63, 3.8) is 0 Å². The quantitative estimate of drug-likeness (QED) is 0.843. The maximum atomic E-state index is 12.4. The monoisotopic (exact) mass is 397 g/mol. The number of piperidine rings is 1. The molecule has 0 bridgehead atoms. The zero-order valence-corrected chi connectivity index (χ0v) is 16.4. The van der Waals surface area contributed by atoms with Gasteiger partial charge in [-0.1, -0.05) is 23.2 Å². The molecule has 2 aliphatic rings. The first-order valence-electron chi connectivity index (χ1n) is 9.29. The van der Waals surface area contributed by atoms with Crippen LogP contribution < -0.4 is 5.32 Å². The molecule has 5 nitrogen and oxygen atoms in total. The molecule has 1 N–H and O–H groups in total. The van der Waals surface area contributed by atoms with Gasteiger partial charge >= 0.3 is 6.03 Å². The molecule has 0 aromatic heterocycles. The largest absolute Gasteiger partial charge is 0.356 e. The maximum Gasteiger partial charge on any atom is 0.319 e. The van der Waals surface area contributed by atoms with Gasteiger partial charge in [-0.15, -0.1) is 0 Å². The molecular weight excluding hydrogens is 373 g/mol. The second-order valence-corrected chi connectivity index (χ2v) is 7.93. The van der Waals surface area contributed by atoms with Gasteiger partial charge in [0.05, 0.1) is 0 Å². The molecule has 1 aromatic carbocycles. The van der Waals surface area contributed by atoms with E-state index in [1.807, 2.05) is 21.9 Å². The van der Waals surface area contributed by atoms with Crippen LogP contribution >= 0.6 is 23.2 Å². The van der Waals surface area contributed by atoms with E-state index in [2.05, 4.69) is 5.32 Å². The van der Waals surface area contributed by atoms with E-state index < -0.39 is 0 Å². The summed E-state index contributed by atoms with van der Waals surface area (Å²) in [6.07, 6.45) is 4.35. The predicted molar refractivity (Wildman–Crippen MR) is 104 cm³/mol.